The van der Waals surface area contributed by atoms with Crippen LogP contribution in [0.25, 0.3) is 21.3 Å². The highest BCUT2D eigenvalue weighted by molar-refractivity contribution is 7.17. The molecule has 0 aliphatic carbocycles. The van der Waals surface area contributed by atoms with E-state index in [0.29, 0.717) is 18.5 Å². The van der Waals surface area contributed by atoms with Gasteiger partial charge >= 0.3 is 0 Å². The van der Waals surface area contributed by atoms with E-state index in [2.05, 4.69) is 18.5 Å². The van der Waals surface area contributed by atoms with Gasteiger partial charge in [0.05, 0.1) is 18.3 Å². The number of fused-ring (bicyclic) bond motifs is 1. The van der Waals surface area contributed by atoms with Crippen molar-refractivity contribution in [2.75, 3.05) is 6.61 Å². The van der Waals surface area contributed by atoms with Gasteiger partial charge in [-0.05, 0) is 24.1 Å². The molecule has 0 bridgehead atoms. The van der Waals surface area contributed by atoms with Crippen molar-refractivity contribution in [3.05, 3.63) is 59.0 Å². The molecule has 0 radical (unpaired) electrons. The molecule has 0 saturated heterocycles. The van der Waals surface area contributed by atoms with Gasteiger partial charge < -0.3 is 4.74 Å². The van der Waals surface area contributed by atoms with Gasteiger partial charge in [0.2, 0.25) is 0 Å². The van der Waals surface area contributed by atoms with E-state index in [-0.39, 0.29) is 5.56 Å². The molecule has 1 aromatic carbocycles. The zero-order valence-corrected chi connectivity index (χ0v) is 13.8. The van der Waals surface area contributed by atoms with Gasteiger partial charge in [0.1, 0.15) is 10.6 Å². The first-order valence-electron chi connectivity index (χ1n) is 7.55. The third kappa shape index (κ3) is 3.05. The minimum atomic E-state index is -0.0301. The van der Waals surface area contributed by atoms with E-state index in [1.165, 1.54) is 11.3 Å². The van der Waals surface area contributed by atoms with Crippen LogP contribution in [0.1, 0.15) is 13.3 Å². The number of rotatable bonds is 6. The van der Waals surface area contributed by atoms with Crippen LogP contribution in [0, 0.1) is 0 Å². The first-order chi connectivity index (χ1) is 11.2. The maximum atomic E-state index is 12.6. The average Bonchev–Trinajstić information content (AvgIpc) is 3.01. The maximum absolute atomic E-state index is 12.6. The number of hydrogen-bond donors (Lipinski definition) is 0. The summed E-state index contributed by atoms with van der Waals surface area (Å²) in [5.74, 6) is 0.845. The van der Waals surface area contributed by atoms with Gasteiger partial charge in [-0.2, -0.15) is 0 Å². The third-order valence-electron chi connectivity index (χ3n) is 3.52. The fraction of sp³-hybridized carbons (Fsp3) is 0.222. The molecule has 4 nitrogen and oxygen atoms in total. The predicted octanol–water partition coefficient (Wildman–Crippen LogP) is 4.10. The van der Waals surface area contributed by atoms with Crippen molar-refractivity contribution < 1.29 is 4.74 Å². The molecule has 23 heavy (non-hydrogen) atoms. The van der Waals surface area contributed by atoms with Gasteiger partial charge in [-0.1, -0.05) is 25.1 Å². The molecule has 0 spiro atoms. The summed E-state index contributed by atoms with van der Waals surface area (Å²) in [6, 6.07) is 7.84. The average molecular weight is 326 g/mol. The second-order valence-corrected chi connectivity index (χ2v) is 6.05. The minimum absolute atomic E-state index is 0.0301. The van der Waals surface area contributed by atoms with Crippen LogP contribution in [0.4, 0.5) is 0 Å². The number of ether oxygens (including phenoxy) is 1. The van der Waals surface area contributed by atoms with Crippen LogP contribution >= 0.6 is 11.3 Å². The molecule has 0 atom stereocenters. The number of benzene rings is 1. The second-order valence-electron chi connectivity index (χ2n) is 5.19. The van der Waals surface area contributed by atoms with Crippen LogP contribution in [0.15, 0.2) is 53.4 Å². The van der Waals surface area contributed by atoms with Crippen molar-refractivity contribution in [1.82, 2.24) is 9.55 Å². The molecule has 0 aliphatic rings. The Hall–Kier alpha value is -2.40. The zero-order valence-electron chi connectivity index (χ0n) is 13.0. The molecular formula is C18H18N2O2S. The molecule has 2 heterocycles. The highest BCUT2D eigenvalue weighted by atomic mass is 32.1. The minimum Gasteiger partial charge on any atom is -0.494 e. The van der Waals surface area contributed by atoms with Crippen molar-refractivity contribution in [2.45, 2.75) is 19.9 Å². The zero-order chi connectivity index (χ0) is 16.2. The molecule has 3 aromatic rings. The van der Waals surface area contributed by atoms with Crippen molar-refractivity contribution in [3.63, 3.8) is 0 Å². The van der Waals surface area contributed by atoms with Crippen molar-refractivity contribution in [1.29, 1.82) is 0 Å². The number of nitrogens with zero attached hydrogens (tertiary/aromatic N) is 2. The normalized spacial score (nSPS) is 10.8. The molecule has 0 aliphatic heterocycles. The van der Waals surface area contributed by atoms with E-state index >= 15 is 0 Å². The smallest absolute Gasteiger partial charge is 0.262 e. The second kappa shape index (κ2) is 6.79. The summed E-state index contributed by atoms with van der Waals surface area (Å²) >= 11 is 1.49. The Bertz CT molecular complexity index is 878. The molecule has 2 aromatic heterocycles. The molecule has 0 fully saturated rings. The van der Waals surface area contributed by atoms with Gasteiger partial charge in [0.25, 0.3) is 5.56 Å². The topological polar surface area (TPSA) is 44.1 Å². The van der Waals surface area contributed by atoms with E-state index in [0.717, 1.165) is 28.1 Å². The highest BCUT2D eigenvalue weighted by Gasteiger charge is 2.13. The van der Waals surface area contributed by atoms with Crippen molar-refractivity contribution in [2.24, 2.45) is 0 Å². The van der Waals surface area contributed by atoms with Crippen molar-refractivity contribution in [3.8, 4) is 16.9 Å². The van der Waals surface area contributed by atoms with Gasteiger partial charge in [-0.15, -0.1) is 17.9 Å². The molecule has 0 N–H and O–H groups in total. The molecular weight excluding hydrogens is 308 g/mol. The van der Waals surface area contributed by atoms with Gasteiger partial charge in [-0.25, -0.2) is 4.98 Å². The monoisotopic (exact) mass is 326 g/mol. The largest absolute Gasteiger partial charge is 0.494 e. The number of thiophene rings is 1. The van der Waals surface area contributed by atoms with Crippen LogP contribution < -0.4 is 10.3 Å². The first kappa shape index (κ1) is 15.5. The third-order valence-corrected chi connectivity index (χ3v) is 4.41. The first-order valence-corrected chi connectivity index (χ1v) is 8.43. The molecule has 0 saturated carbocycles. The van der Waals surface area contributed by atoms with Crippen molar-refractivity contribution >= 4 is 21.6 Å². The quantitative estimate of drug-likeness (QED) is 0.641. The van der Waals surface area contributed by atoms with Crippen LogP contribution in [0.5, 0.6) is 5.75 Å². The molecule has 3 rings (SSSR count). The fourth-order valence-electron chi connectivity index (χ4n) is 2.40. The van der Waals surface area contributed by atoms with E-state index in [1.54, 1.807) is 17.0 Å². The number of hydrogen-bond acceptors (Lipinski definition) is 4. The molecule has 0 amide bonds. The Balaban J connectivity index is 2.04. The Kier molecular flexibility index (Phi) is 4.57. The summed E-state index contributed by atoms with van der Waals surface area (Å²) in [7, 11) is 0. The molecule has 0 unspecified atom stereocenters. The summed E-state index contributed by atoms with van der Waals surface area (Å²) in [6.45, 7) is 6.92. The van der Waals surface area contributed by atoms with Gasteiger partial charge in [0, 0.05) is 17.5 Å². The molecule has 5 heteroatoms. The van der Waals surface area contributed by atoms with Crippen LogP contribution in [0.3, 0.4) is 0 Å². The van der Waals surface area contributed by atoms with E-state index in [9.17, 15) is 4.79 Å². The summed E-state index contributed by atoms with van der Waals surface area (Å²) in [4.78, 5) is 17.8. The lowest BCUT2D eigenvalue weighted by Crippen LogP contribution is -2.19. The lowest BCUT2D eigenvalue weighted by molar-refractivity contribution is 0.317. The van der Waals surface area contributed by atoms with E-state index in [1.807, 2.05) is 29.6 Å². The Morgan fingerprint density at radius 1 is 1.35 bits per heavy atom. The standard InChI is InChI=1S/C18H18N2O2S/c1-3-9-20-12-19-17-16(18(20)21)15(11-23-17)13-5-7-14(8-6-13)22-10-4-2/h3,5-8,11-12H,1,4,9-10H2,2H3. The highest BCUT2D eigenvalue weighted by Crippen LogP contribution is 2.31. The summed E-state index contributed by atoms with van der Waals surface area (Å²) < 4.78 is 7.18. The lowest BCUT2D eigenvalue weighted by atomic mass is 10.1. The molecule has 118 valence electrons. The Labute approximate surface area is 138 Å². The predicted molar refractivity (Wildman–Crippen MR) is 95.3 cm³/mol. The van der Waals surface area contributed by atoms with Crippen LogP contribution in [-0.2, 0) is 6.54 Å². The van der Waals surface area contributed by atoms with E-state index in [4.69, 9.17) is 4.74 Å². The Morgan fingerprint density at radius 2 is 2.13 bits per heavy atom. The lowest BCUT2D eigenvalue weighted by Gasteiger charge is -2.06. The van der Waals surface area contributed by atoms with Crippen LogP contribution in [0.2, 0.25) is 0 Å². The van der Waals surface area contributed by atoms with E-state index < -0.39 is 0 Å². The van der Waals surface area contributed by atoms with Crippen LogP contribution in [-0.4, -0.2) is 16.2 Å². The summed E-state index contributed by atoms with van der Waals surface area (Å²) in [5.41, 5.74) is 1.88. The maximum Gasteiger partial charge on any atom is 0.262 e. The van der Waals surface area contributed by atoms with Gasteiger partial charge in [0.15, 0.2) is 0 Å². The summed E-state index contributed by atoms with van der Waals surface area (Å²) in [6.07, 6.45) is 4.25. The number of allylic oxidation sites excluding steroid dienone is 1. The SMILES string of the molecule is C=CCn1cnc2scc(-c3ccc(OCCC)cc3)c2c1=O. The number of aromatic nitrogens is 2. The summed E-state index contributed by atoms with van der Waals surface area (Å²) in [5, 5.41) is 2.65. The van der Waals surface area contributed by atoms with Gasteiger partial charge in [-0.3, -0.25) is 9.36 Å². The Morgan fingerprint density at radius 3 is 2.83 bits per heavy atom. The fourth-order valence-corrected chi connectivity index (χ4v) is 3.31.